The van der Waals surface area contributed by atoms with Gasteiger partial charge in [-0.25, -0.2) is 9.37 Å². The number of rotatable bonds is 3. The van der Waals surface area contributed by atoms with Gasteiger partial charge in [0.25, 0.3) is 0 Å². The lowest BCUT2D eigenvalue weighted by Gasteiger charge is -2.32. The number of imidazole rings is 1. The first-order valence-corrected chi connectivity index (χ1v) is 8.20. The van der Waals surface area contributed by atoms with Crippen LogP contribution in [0.15, 0.2) is 16.6 Å². The number of fused-ring (bicyclic) bond motifs is 1. The molecule has 0 radical (unpaired) electrons. The molecule has 6 heteroatoms. The minimum Gasteiger partial charge on any atom is -0.369 e. The van der Waals surface area contributed by atoms with Crippen LogP contribution in [0.1, 0.15) is 26.2 Å². The fourth-order valence-electron chi connectivity index (χ4n) is 3.07. The van der Waals surface area contributed by atoms with Gasteiger partial charge in [-0.05, 0) is 54.9 Å². The van der Waals surface area contributed by atoms with Crippen molar-refractivity contribution in [1.82, 2.24) is 14.5 Å². The maximum Gasteiger partial charge on any atom is 0.201 e. The summed E-state index contributed by atoms with van der Waals surface area (Å²) in [5, 5.41) is 0. The monoisotopic (exact) mass is 354 g/mol. The topological polar surface area (TPSA) is 47.1 Å². The molecule has 1 aliphatic rings. The molecule has 1 fully saturated rings. The first kappa shape index (κ1) is 14.8. The summed E-state index contributed by atoms with van der Waals surface area (Å²) in [7, 11) is 0. The fourth-order valence-corrected chi connectivity index (χ4v) is 3.40. The quantitative estimate of drug-likeness (QED) is 0.918. The van der Waals surface area contributed by atoms with E-state index in [0.29, 0.717) is 16.5 Å². The Morgan fingerprint density at radius 1 is 1.33 bits per heavy atom. The molecule has 1 aromatic carbocycles. The van der Waals surface area contributed by atoms with Gasteiger partial charge < -0.3 is 10.3 Å². The van der Waals surface area contributed by atoms with Crippen molar-refractivity contribution < 1.29 is 4.39 Å². The zero-order valence-electron chi connectivity index (χ0n) is 12.1. The Labute approximate surface area is 132 Å². The summed E-state index contributed by atoms with van der Waals surface area (Å²) >= 11 is 3.19. The molecule has 0 spiro atoms. The molecule has 0 aliphatic carbocycles. The Bertz CT molecular complexity index is 649. The van der Waals surface area contributed by atoms with E-state index in [1.54, 1.807) is 6.07 Å². The van der Waals surface area contributed by atoms with Crippen molar-refractivity contribution in [3.8, 4) is 0 Å². The van der Waals surface area contributed by atoms with Gasteiger partial charge in [-0.1, -0.05) is 6.42 Å². The molecule has 1 saturated heterocycles. The van der Waals surface area contributed by atoms with Crippen LogP contribution < -0.4 is 5.73 Å². The first-order valence-electron chi connectivity index (χ1n) is 7.41. The van der Waals surface area contributed by atoms with Gasteiger partial charge in [0.15, 0.2) is 0 Å². The highest BCUT2D eigenvalue weighted by molar-refractivity contribution is 9.10. The molecular weight excluding hydrogens is 335 g/mol. The van der Waals surface area contributed by atoms with Crippen LogP contribution in [0.4, 0.5) is 10.3 Å². The number of likely N-dealkylation sites (tertiary alicyclic amines) is 1. The second kappa shape index (κ2) is 5.93. The van der Waals surface area contributed by atoms with Gasteiger partial charge in [0.2, 0.25) is 5.95 Å². The first-order chi connectivity index (χ1) is 10.1. The van der Waals surface area contributed by atoms with Crippen molar-refractivity contribution >= 4 is 32.9 Å². The molecule has 0 amide bonds. The van der Waals surface area contributed by atoms with E-state index in [1.807, 2.05) is 4.57 Å². The maximum atomic E-state index is 13.8. The molecule has 1 aliphatic heterocycles. The zero-order chi connectivity index (χ0) is 15.0. The Kier molecular flexibility index (Phi) is 4.17. The minimum atomic E-state index is -0.283. The zero-order valence-corrected chi connectivity index (χ0v) is 13.7. The van der Waals surface area contributed by atoms with Gasteiger partial charge in [-0.2, -0.15) is 0 Å². The number of nitrogen functional groups attached to an aromatic ring is 1. The van der Waals surface area contributed by atoms with Crippen molar-refractivity contribution in [2.45, 2.75) is 38.8 Å². The number of benzene rings is 1. The van der Waals surface area contributed by atoms with Crippen molar-refractivity contribution in [1.29, 1.82) is 0 Å². The molecule has 2 heterocycles. The molecular formula is C15H20BrFN4. The van der Waals surface area contributed by atoms with Gasteiger partial charge in [0.1, 0.15) is 5.82 Å². The summed E-state index contributed by atoms with van der Waals surface area (Å²) in [5.74, 6) is 0.167. The largest absolute Gasteiger partial charge is 0.369 e. The van der Waals surface area contributed by atoms with Crippen LogP contribution in [0.3, 0.4) is 0 Å². The average Bonchev–Trinajstić information content (AvgIpc) is 2.76. The van der Waals surface area contributed by atoms with E-state index in [4.69, 9.17) is 5.73 Å². The summed E-state index contributed by atoms with van der Waals surface area (Å²) in [6.45, 7) is 5.20. The Balaban J connectivity index is 1.89. The molecule has 21 heavy (non-hydrogen) atoms. The number of hydrogen-bond acceptors (Lipinski definition) is 3. The predicted octanol–water partition coefficient (Wildman–Crippen LogP) is 3.39. The molecule has 1 unspecified atom stereocenters. The molecule has 2 aromatic rings. The summed E-state index contributed by atoms with van der Waals surface area (Å²) < 4.78 is 16.1. The third-order valence-corrected chi connectivity index (χ3v) is 4.89. The number of anilines is 1. The smallest absolute Gasteiger partial charge is 0.201 e. The standard InChI is InChI=1S/C15H20BrFN4/c1-10(20-5-3-2-4-6-20)9-21-14-8-12(17)11(16)7-13(14)19-15(21)18/h7-8,10H,2-6,9H2,1H3,(H2,18,19). The lowest BCUT2D eigenvalue weighted by molar-refractivity contribution is 0.161. The van der Waals surface area contributed by atoms with Crippen LogP contribution >= 0.6 is 15.9 Å². The third-order valence-electron chi connectivity index (χ3n) is 4.28. The highest BCUT2D eigenvalue weighted by Gasteiger charge is 2.19. The van der Waals surface area contributed by atoms with E-state index in [9.17, 15) is 4.39 Å². The number of nitrogens with two attached hydrogens (primary N) is 1. The number of nitrogens with zero attached hydrogens (tertiary/aromatic N) is 3. The SMILES string of the molecule is CC(Cn1c(N)nc2cc(Br)c(F)cc21)N1CCCCC1. The summed E-state index contributed by atoms with van der Waals surface area (Å²) in [5.41, 5.74) is 7.52. The molecule has 1 aromatic heterocycles. The van der Waals surface area contributed by atoms with Crippen molar-refractivity contribution in [2.24, 2.45) is 0 Å². The van der Waals surface area contributed by atoms with E-state index >= 15 is 0 Å². The summed E-state index contributed by atoms with van der Waals surface area (Å²) in [6.07, 6.45) is 3.83. The molecule has 3 rings (SSSR count). The van der Waals surface area contributed by atoms with Crippen molar-refractivity contribution in [2.75, 3.05) is 18.8 Å². The van der Waals surface area contributed by atoms with Crippen LogP contribution in [0.25, 0.3) is 11.0 Å². The molecule has 4 nitrogen and oxygen atoms in total. The van der Waals surface area contributed by atoms with E-state index in [-0.39, 0.29) is 5.82 Å². The molecule has 2 N–H and O–H groups in total. The van der Waals surface area contributed by atoms with Gasteiger partial charge in [-0.15, -0.1) is 0 Å². The van der Waals surface area contributed by atoms with Gasteiger partial charge in [0, 0.05) is 18.7 Å². The van der Waals surface area contributed by atoms with Gasteiger partial charge >= 0.3 is 0 Å². The van der Waals surface area contributed by atoms with Crippen LogP contribution in [0, 0.1) is 5.82 Å². The Hall–Kier alpha value is -1.14. The molecule has 114 valence electrons. The fraction of sp³-hybridized carbons (Fsp3) is 0.533. The number of aromatic nitrogens is 2. The van der Waals surface area contributed by atoms with Crippen molar-refractivity contribution in [3.05, 3.63) is 22.4 Å². The Morgan fingerprint density at radius 2 is 2.05 bits per heavy atom. The van der Waals surface area contributed by atoms with E-state index < -0.39 is 0 Å². The van der Waals surface area contributed by atoms with E-state index in [2.05, 4.69) is 32.7 Å². The third kappa shape index (κ3) is 2.92. The van der Waals surface area contributed by atoms with Crippen LogP contribution in [-0.2, 0) is 6.54 Å². The maximum absolute atomic E-state index is 13.8. The second-order valence-corrected chi connectivity index (χ2v) is 6.64. The highest BCUT2D eigenvalue weighted by Crippen LogP contribution is 2.26. The molecule has 1 atom stereocenters. The van der Waals surface area contributed by atoms with Gasteiger partial charge in [-0.3, -0.25) is 4.90 Å². The van der Waals surface area contributed by atoms with Crippen molar-refractivity contribution in [3.63, 3.8) is 0 Å². The molecule has 0 bridgehead atoms. The minimum absolute atomic E-state index is 0.283. The highest BCUT2D eigenvalue weighted by atomic mass is 79.9. The van der Waals surface area contributed by atoms with E-state index in [1.165, 1.54) is 25.3 Å². The summed E-state index contributed by atoms with van der Waals surface area (Å²) in [4.78, 5) is 6.81. The predicted molar refractivity (Wildman–Crippen MR) is 86.7 cm³/mol. The average molecular weight is 355 g/mol. The molecule has 0 saturated carbocycles. The summed E-state index contributed by atoms with van der Waals surface area (Å²) in [6, 6.07) is 3.56. The Morgan fingerprint density at radius 3 is 2.76 bits per heavy atom. The van der Waals surface area contributed by atoms with Crippen LogP contribution in [-0.4, -0.2) is 33.6 Å². The normalized spacial score (nSPS) is 18.2. The lowest BCUT2D eigenvalue weighted by atomic mass is 10.1. The second-order valence-electron chi connectivity index (χ2n) is 5.78. The van der Waals surface area contributed by atoms with Crippen LogP contribution in [0.5, 0.6) is 0 Å². The van der Waals surface area contributed by atoms with E-state index in [0.717, 1.165) is 30.7 Å². The number of hydrogen-bond donors (Lipinski definition) is 1. The lowest BCUT2D eigenvalue weighted by Crippen LogP contribution is -2.39. The van der Waals surface area contributed by atoms with Gasteiger partial charge in [0.05, 0.1) is 15.5 Å². The number of piperidine rings is 1. The van der Waals surface area contributed by atoms with Crippen LogP contribution in [0.2, 0.25) is 0 Å². The number of halogens is 2.